The second-order valence-corrected chi connectivity index (χ2v) is 10.2. The van der Waals surface area contributed by atoms with E-state index in [0.717, 1.165) is 12.1 Å². The summed E-state index contributed by atoms with van der Waals surface area (Å²) in [5, 5.41) is 5.44. The molecule has 3 aromatic carbocycles. The van der Waals surface area contributed by atoms with Crippen LogP contribution >= 0.6 is 11.6 Å². The smallest absolute Gasteiger partial charge is 0.380 e. The number of amides is 2. The molecule has 0 unspecified atom stereocenters. The van der Waals surface area contributed by atoms with Gasteiger partial charge < -0.3 is 15.4 Å². The van der Waals surface area contributed by atoms with Crippen LogP contribution in [-0.2, 0) is 17.3 Å². The number of fused-ring (bicyclic) bond motifs is 1. The molecule has 1 fully saturated rings. The molecule has 1 saturated heterocycles. The second-order valence-electron chi connectivity index (χ2n) is 9.84. The van der Waals surface area contributed by atoms with Crippen LogP contribution in [0.25, 0.3) is 0 Å². The Kier molecular flexibility index (Phi) is 6.43. The van der Waals surface area contributed by atoms with Gasteiger partial charge in [-0.15, -0.1) is 0 Å². The minimum atomic E-state index is -4.87. The lowest BCUT2D eigenvalue weighted by Crippen LogP contribution is -2.41. The molecule has 38 heavy (non-hydrogen) atoms. The quantitative estimate of drug-likeness (QED) is 0.366. The number of rotatable bonds is 5. The molecule has 0 radical (unpaired) electrons. The number of halogens is 6. The molecule has 0 aliphatic carbocycles. The van der Waals surface area contributed by atoms with Crippen LogP contribution in [0.2, 0.25) is 5.02 Å². The van der Waals surface area contributed by atoms with Gasteiger partial charge >= 0.3 is 6.18 Å². The molecule has 2 heterocycles. The lowest BCUT2D eigenvalue weighted by atomic mass is 9.81. The Labute approximate surface area is 218 Å². The third-order valence-electron chi connectivity index (χ3n) is 6.59. The highest BCUT2D eigenvalue weighted by molar-refractivity contribution is 6.31. The summed E-state index contributed by atoms with van der Waals surface area (Å²) in [6, 6.07) is 7.45. The topological polar surface area (TPSA) is 67.4 Å². The van der Waals surface area contributed by atoms with Crippen molar-refractivity contribution in [2.75, 3.05) is 18.5 Å². The molecule has 2 N–H and O–H groups in total. The van der Waals surface area contributed by atoms with Gasteiger partial charge in [0.15, 0.2) is 0 Å². The zero-order valence-corrected chi connectivity index (χ0v) is 20.6. The van der Waals surface area contributed by atoms with Crippen molar-refractivity contribution in [3.63, 3.8) is 0 Å². The van der Waals surface area contributed by atoms with E-state index in [-0.39, 0.29) is 32.8 Å². The zero-order valence-electron chi connectivity index (χ0n) is 19.8. The zero-order chi connectivity index (χ0) is 27.4. The van der Waals surface area contributed by atoms with Crippen molar-refractivity contribution in [2.45, 2.75) is 25.6 Å². The van der Waals surface area contributed by atoms with Crippen LogP contribution in [-0.4, -0.2) is 25.0 Å². The van der Waals surface area contributed by atoms with Gasteiger partial charge in [0.05, 0.1) is 24.8 Å². The average molecular weight is 551 g/mol. The number of carbonyl (C=O) groups is 2. The molecule has 0 bridgehead atoms. The Morgan fingerprint density at radius 1 is 1.11 bits per heavy atom. The Morgan fingerprint density at radius 3 is 2.50 bits per heavy atom. The van der Waals surface area contributed by atoms with E-state index in [2.05, 4.69) is 10.6 Å². The van der Waals surface area contributed by atoms with Crippen molar-refractivity contribution < 1.29 is 36.3 Å². The van der Waals surface area contributed by atoms with Crippen LogP contribution in [0.1, 0.15) is 55.9 Å². The fourth-order valence-electron chi connectivity index (χ4n) is 4.79. The predicted octanol–water partition coefficient (Wildman–Crippen LogP) is 6.30. The fourth-order valence-corrected chi connectivity index (χ4v) is 5.02. The van der Waals surface area contributed by atoms with Crippen molar-refractivity contribution in [3.05, 3.63) is 98.6 Å². The molecule has 5 nitrogen and oxygen atoms in total. The monoisotopic (exact) mass is 550 g/mol. The van der Waals surface area contributed by atoms with Gasteiger partial charge in [0.25, 0.3) is 11.8 Å². The first-order valence-corrected chi connectivity index (χ1v) is 11.9. The highest BCUT2D eigenvalue weighted by atomic mass is 35.5. The maximum atomic E-state index is 14.1. The molecule has 0 spiro atoms. The number of nitrogens with one attached hydrogen (secondary N) is 2. The van der Waals surface area contributed by atoms with Crippen molar-refractivity contribution >= 4 is 29.1 Å². The molecule has 11 heteroatoms. The lowest BCUT2D eigenvalue weighted by molar-refractivity contribution is -0.137. The first-order valence-electron chi connectivity index (χ1n) is 11.5. The molecule has 2 amide bonds. The summed E-state index contributed by atoms with van der Waals surface area (Å²) < 4.78 is 73.1. The van der Waals surface area contributed by atoms with Crippen LogP contribution in [0.15, 0.2) is 48.5 Å². The molecule has 0 saturated carbocycles. The van der Waals surface area contributed by atoms with E-state index in [1.165, 1.54) is 6.07 Å². The number of benzene rings is 3. The Morgan fingerprint density at radius 2 is 1.84 bits per heavy atom. The van der Waals surface area contributed by atoms with Crippen LogP contribution < -0.4 is 10.6 Å². The van der Waals surface area contributed by atoms with Gasteiger partial charge in [-0.05, 0) is 60.5 Å². The number of ether oxygens (including phenoxy) is 1. The molecule has 1 atom stereocenters. The summed E-state index contributed by atoms with van der Waals surface area (Å²) in [5.74, 6) is -3.35. The van der Waals surface area contributed by atoms with E-state index in [0.29, 0.717) is 43.4 Å². The van der Waals surface area contributed by atoms with E-state index >= 15 is 0 Å². The fraction of sp³-hybridized carbons (Fsp3) is 0.259. The Bertz CT molecular complexity index is 1470. The van der Waals surface area contributed by atoms with Gasteiger partial charge in [-0.3, -0.25) is 9.59 Å². The van der Waals surface area contributed by atoms with Gasteiger partial charge in [-0.2, -0.15) is 13.2 Å². The van der Waals surface area contributed by atoms with Gasteiger partial charge in [-0.1, -0.05) is 18.5 Å². The molecule has 198 valence electrons. The minimum Gasteiger partial charge on any atom is -0.380 e. The summed E-state index contributed by atoms with van der Waals surface area (Å²) in [5.41, 5.74) is -0.626. The van der Waals surface area contributed by atoms with Crippen molar-refractivity contribution in [2.24, 2.45) is 5.41 Å². The van der Waals surface area contributed by atoms with E-state index in [9.17, 15) is 31.5 Å². The molecule has 2 aliphatic rings. The third-order valence-corrected chi connectivity index (χ3v) is 6.93. The predicted molar refractivity (Wildman–Crippen MR) is 129 cm³/mol. The van der Waals surface area contributed by atoms with Gasteiger partial charge in [0.1, 0.15) is 11.6 Å². The Hall–Kier alpha value is -3.50. The van der Waals surface area contributed by atoms with E-state index < -0.39 is 46.8 Å². The minimum absolute atomic E-state index is 0.104. The lowest BCUT2D eigenvalue weighted by Gasteiger charge is -2.38. The number of alkyl halides is 3. The first kappa shape index (κ1) is 26.1. The maximum Gasteiger partial charge on any atom is 0.416 e. The van der Waals surface area contributed by atoms with E-state index in [1.807, 2.05) is 6.92 Å². The maximum absolute atomic E-state index is 14.1. The Balaban J connectivity index is 1.60. The van der Waals surface area contributed by atoms with Gasteiger partial charge in [-0.25, -0.2) is 8.78 Å². The largest absolute Gasteiger partial charge is 0.416 e. The molecular formula is C27H20ClF5N2O3. The number of carbonyl (C=O) groups excluding carboxylic acids is 2. The number of hydrogen-bond donors (Lipinski definition) is 2. The van der Waals surface area contributed by atoms with Crippen LogP contribution in [0, 0.1) is 17.0 Å². The summed E-state index contributed by atoms with van der Waals surface area (Å²) in [4.78, 5) is 26.1. The summed E-state index contributed by atoms with van der Waals surface area (Å²) >= 11 is 6.30. The summed E-state index contributed by atoms with van der Waals surface area (Å²) in [6.07, 6.45) is -4.38. The normalized spacial score (nSPS) is 18.0. The van der Waals surface area contributed by atoms with Crippen molar-refractivity contribution in [1.82, 2.24) is 5.32 Å². The number of hydrogen-bond acceptors (Lipinski definition) is 3. The SMILES string of the molecule is CC1(Cc2cc(NC(=O)c3cc(F)cc(C(F)(F)F)c3)c3c(c2)C(=O)N[C@@H]3c2cc(F)ccc2Cl)COC1. The molecule has 5 rings (SSSR count). The molecule has 0 aromatic heterocycles. The van der Waals surface area contributed by atoms with E-state index in [1.54, 1.807) is 12.1 Å². The summed E-state index contributed by atoms with van der Waals surface area (Å²) in [7, 11) is 0. The molecule has 3 aromatic rings. The highest BCUT2D eigenvalue weighted by Gasteiger charge is 2.38. The van der Waals surface area contributed by atoms with Crippen LogP contribution in [0.4, 0.5) is 27.6 Å². The van der Waals surface area contributed by atoms with Gasteiger partial charge in [0, 0.05) is 38.4 Å². The standard InChI is InChI=1S/C27H20ClF5N2O3/c1-26(11-38-12-26)10-13-4-19-22(23(35-25(19)37)18-9-16(29)2-3-20(18)28)21(5-13)34-24(36)14-6-15(27(31,32)33)8-17(30)7-14/h2-9,23H,10-12H2,1H3,(H,34,36)(H,35,37)/t23-/m1/s1. The van der Waals surface area contributed by atoms with Crippen LogP contribution in [0.5, 0.6) is 0 Å². The average Bonchev–Trinajstić information content (AvgIpc) is 3.15. The molecule has 2 aliphatic heterocycles. The summed E-state index contributed by atoms with van der Waals surface area (Å²) in [6.45, 7) is 2.97. The number of anilines is 1. The van der Waals surface area contributed by atoms with Crippen LogP contribution in [0.3, 0.4) is 0 Å². The highest BCUT2D eigenvalue weighted by Crippen LogP contribution is 2.42. The van der Waals surface area contributed by atoms with Crippen molar-refractivity contribution in [1.29, 1.82) is 0 Å². The third kappa shape index (κ3) is 4.98. The second kappa shape index (κ2) is 9.36. The van der Waals surface area contributed by atoms with Crippen molar-refractivity contribution in [3.8, 4) is 0 Å². The first-order chi connectivity index (χ1) is 17.8. The molecular weight excluding hydrogens is 531 g/mol. The van der Waals surface area contributed by atoms with Gasteiger partial charge in [0.2, 0.25) is 0 Å². The van der Waals surface area contributed by atoms with E-state index in [4.69, 9.17) is 16.3 Å².